The number of phenols is 1. The van der Waals surface area contributed by atoms with Gasteiger partial charge in [0.15, 0.2) is 17.2 Å². The standard InChI is InChI=1S/C32H36O8/c1-9-10-18-11-12-19-16(5)30(7)20(13-15(4)33)31(8)23(14(2)3)26(36)21(17(6)34)28(38)32(31,40)29(39)24(30)27(37)22(19)25(18)35/h10-12,14,16,20,23,35,37-38,40H,1,13H2,2-8H3/t16-,20-,23?,30-,31-,32+/m1/s1. The van der Waals surface area contributed by atoms with Crippen LogP contribution in [0.1, 0.15) is 77.5 Å². The zero-order valence-electron chi connectivity index (χ0n) is 23.9. The van der Waals surface area contributed by atoms with Crippen molar-refractivity contribution in [3.05, 3.63) is 58.0 Å². The molecule has 40 heavy (non-hydrogen) atoms. The van der Waals surface area contributed by atoms with E-state index in [9.17, 15) is 39.6 Å². The lowest BCUT2D eigenvalue weighted by atomic mass is 9.37. The second-order valence-electron chi connectivity index (χ2n) is 12.2. The van der Waals surface area contributed by atoms with Gasteiger partial charge in [-0.25, -0.2) is 0 Å². The van der Waals surface area contributed by atoms with Gasteiger partial charge >= 0.3 is 0 Å². The van der Waals surface area contributed by atoms with E-state index in [-0.39, 0.29) is 34.7 Å². The first-order valence-electron chi connectivity index (χ1n) is 13.4. The third kappa shape index (κ3) is 3.29. The van der Waals surface area contributed by atoms with Crippen LogP contribution in [0, 0.1) is 28.6 Å². The third-order valence-corrected chi connectivity index (χ3v) is 9.92. The Labute approximate surface area is 233 Å². The van der Waals surface area contributed by atoms with E-state index in [0.29, 0.717) is 5.56 Å². The number of Topliss-reactive ketones (excluding diaryl/α,β-unsaturated/α-hetero) is 4. The highest BCUT2D eigenvalue weighted by Gasteiger charge is 2.76. The number of aliphatic hydroxyl groups is 3. The SMILES string of the molecule is C=C=Cc1ccc2c(c1O)C(O)=C1C(=O)[C@@]3(O)C(O)=C(C(C)=O)C(=O)C(C(C)C)[C@@]3(C)[C@H](CC(C)=O)[C@@]1(C)[C@@H]2C. The largest absolute Gasteiger partial charge is 0.508 e. The molecule has 3 aliphatic carbocycles. The first kappa shape index (κ1) is 29.2. The molecular weight excluding hydrogens is 512 g/mol. The van der Waals surface area contributed by atoms with E-state index in [2.05, 4.69) is 12.3 Å². The molecule has 1 saturated carbocycles. The van der Waals surface area contributed by atoms with Crippen molar-refractivity contribution in [2.24, 2.45) is 28.6 Å². The molecule has 4 N–H and O–H groups in total. The summed E-state index contributed by atoms with van der Waals surface area (Å²) in [5, 5.41) is 46.7. The van der Waals surface area contributed by atoms with Crippen molar-refractivity contribution in [2.75, 3.05) is 0 Å². The maximum absolute atomic E-state index is 14.6. The Morgan fingerprint density at radius 1 is 1.12 bits per heavy atom. The van der Waals surface area contributed by atoms with Gasteiger partial charge in [-0.1, -0.05) is 53.3 Å². The van der Waals surface area contributed by atoms with Gasteiger partial charge in [0.05, 0.1) is 5.56 Å². The van der Waals surface area contributed by atoms with Crippen LogP contribution < -0.4 is 0 Å². The maximum atomic E-state index is 14.6. The summed E-state index contributed by atoms with van der Waals surface area (Å²) in [5.74, 6) is -8.05. The molecule has 1 aromatic carbocycles. The van der Waals surface area contributed by atoms with Crippen LogP contribution in [0.25, 0.3) is 11.8 Å². The summed E-state index contributed by atoms with van der Waals surface area (Å²) in [6.45, 7) is 14.4. The lowest BCUT2D eigenvalue weighted by molar-refractivity contribution is -0.199. The number of allylic oxidation sites excluding steroid dienone is 1. The van der Waals surface area contributed by atoms with Crippen molar-refractivity contribution in [3.63, 3.8) is 0 Å². The van der Waals surface area contributed by atoms with Crippen molar-refractivity contribution in [3.8, 4) is 5.75 Å². The lowest BCUT2D eigenvalue weighted by Gasteiger charge is -2.65. The molecule has 1 unspecified atom stereocenters. The van der Waals surface area contributed by atoms with Gasteiger partial charge in [0.25, 0.3) is 0 Å². The Kier molecular flexibility index (Phi) is 6.69. The van der Waals surface area contributed by atoms with Crippen molar-refractivity contribution in [1.29, 1.82) is 0 Å². The monoisotopic (exact) mass is 548 g/mol. The Balaban J connectivity index is 2.24. The molecule has 212 valence electrons. The minimum Gasteiger partial charge on any atom is -0.508 e. The molecule has 1 fully saturated rings. The van der Waals surface area contributed by atoms with E-state index >= 15 is 0 Å². The number of rotatable bonds is 5. The summed E-state index contributed by atoms with van der Waals surface area (Å²) in [5.41, 5.74) is -3.49. The van der Waals surface area contributed by atoms with E-state index in [1.54, 1.807) is 39.8 Å². The quantitative estimate of drug-likeness (QED) is 0.304. The fraction of sp³-hybridized carbons (Fsp3) is 0.469. The van der Waals surface area contributed by atoms with Gasteiger partial charge in [-0.15, -0.1) is 5.73 Å². The Morgan fingerprint density at radius 2 is 1.73 bits per heavy atom. The van der Waals surface area contributed by atoms with Crippen molar-refractivity contribution in [1.82, 2.24) is 0 Å². The zero-order chi connectivity index (χ0) is 30.3. The number of hydrogen-bond donors (Lipinski definition) is 4. The second kappa shape index (κ2) is 9.15. The van der Waals surface area contributed by atoms with Gasteiger partial charge in [0.1, 0.15) is 28.6 Å². The number of benzene rings is 1. The number of aliphatic hydroxyl groups excluding tert-OH is 2. The number of hydrogen-bond acceptors (Lipinski definition) is 8. The predicted octanol–water partition coefficient (Wildman–Crippen LogP) is 4.75. The molecule has 1 aromatic rings. The molecule has 0 aliphatic heterocycles. The molecule has 0 spiro atoms. The Hall–Kier alpha value is -3.74. The lowest BCUT2D eigenvalue weighted by Crippen LogP contribution is -2.73. The number of aromatic hydroxyl groups is 1. The van der Waals surface area contributed by atoms with Gasteiger partial charge in [-0.2, -0.15) is 0 Å². The van der Waals surface area contributed by atoms with Crippen LogP contribution in [-0.2, 0) is 19.2 Å². The number of fused-ring (bicyclic) bond motifs is 3. The van der Waals surface area contributed by atoms with Crippen molar-refractivity contribution < 1.29 is 39.6 Å². The van der Waals surface area contributed by atoms with E-state index in [0.717, 1.165) is 6.92 Å². The first-order chi connectivity index (χ1) is 18.4. The summed E-state index contributed by atoms with van der Waals surface area (Å²) in [7, 11) is 0. The van der Waals surface area contributed by atoms with Crippen LogP contribution >= 0.6 is 0 Å². The molecule has 6 atom stereocenters. The Bertz CT molecular complexity index is 1500. The summed E-state index contributed by atoms with van der Waals surface area (Å²) in [6.07, 6.45) is 1.22. The van der Waals surface area contributed by atoms with Gasteiger partial charge in [-0.05, 0) is 43.2 Å². The topological polar surface area (TPSA) is 149 Å². The van der Waals surface area contributed by atoms with Crippen LogP contribution in [0.2, 0.25) is 0 Å². The molecular formula is C32H36O8. The molecule has 0 bridgehead atoms. The van der Waals surface area contributed by atoms with E-state index in [1.807, 2.05) is 0 Å². The molecule has 0 heterocycles. The third-order valence-electron chi connectivity index (χ3n) is 9.92. The van der Waals surface area contributed by atoms with Crippen LogP contribution in [0.15, 0.2) is 41.3 Å². The molecule has 0 aromatic heterocycles. The minimum absolute atomic E-state index is 0.0198. The van der Waals surface area contributed by atoms with Crippen molar-refractivity contribution >= 4 is 35.0 Å². The normalized spacial score (nSPS) is 33.3. The van der Waals surface area contributed by atoms with Crippen LogP contribution in [-0.4, -0.2) is 49.2 Å². The highest BCUT2D eigenvalue weighted by Crippen LogP contribution is 2.71. The van der Waals surface area contributed by atoms with Crippen LogP contribution in [0.5, 0.6) is 5.75 Å². The maximum Gasteiger partial charge on any atom is 0.203 e. The molecule has 0 radical (unpaired) electrons. The number of carbonyl (C=O) groups excluding carboxylic acids is 4. The van der Waals surface area contributed by atoms with Gasteiger partial charge in [-0.3, -0.25) is 14.4 Å². The molecule has 8 heteroatoms. The number of ketones is 4. The summed E-state index contributed by atoms with van der Waals surface area (Å²) in [6, 6.07) is 3.33. The molecule has 3 aliphatic rings. The number of phenolic OH excluding ortho intramolecular Hbond substituents is 1. The first-order valence-corrected chi connectivity index (χ1v) is 13.4. The van der Waals surface area contributed by atoms with Gasteiger partial charge < -0.3 is 25.2 Å². The van der Waals surface area contributed by atoms with E-state index in [1.165, 1.54) is 19.9 Å². The van der Waals surface area contributed by atoms with E-state index < -0.39 is 74.5 Å². The van der Waals surface area contributed by atoms with Gasteiger partial charge in [0.2, 0.25) is 5.78 Å². The number of carbonyl (C=O) groups is 4. The van der Waals surface area contributed by atoms with E-state index in [4.69, 9.17) is 0 Å². The second-order valence-corrected chi connectivity index (χ2v) is 12.2. The Morgan fingerprint density at radius 3 is 2.23 bits per heavy atom. The zero-order valence-corrected chi connectivity index (χ0v) is 23.9. The van der Waals surface area contributed by atoms with Crippen LogP contribution in [0.4, 0.5) is 0 Å². The van der Waals surface area contributed by atoms with Crippen LogP contribution in [0.3, 0.4) is 0 Å². The van der Waals surface area contributed by atoms with Gasteiger partial charge in [0, 0.05) is 34.3 Å². The summed E-state index contributed by atoms with van der Waals surface area (Å²) in [4.78, 5) is 53.9. The highest BCUT2D eigenvalue weighted by molar-refractivity contribution is 6.24. The minimum atomic E-state index is -2.81. The smallest absolute Gasteiger partial charge is 0.203 e. The fourth-order valence-electron chi connectivity index (χ4n) is 8.08. The molecule has 0 saturated heterocycles. The average molecular weight is 549 g/mol. The average Bonchev–Trinajstić information content (AvgIpc) is 2.84. The predicted molar refractivity (Wildman–Crippen MR) is 148 cm³/mol. The molecule has 4 rings (SSSR count). The summed E-state index contributed by atoms with van der Waals surface area (Å²) < 4.78 is 0. The van der Waals surface area contributed by atoms with Crippen molar-refractivity contribution in [2.45, 2.75) is 66.4 Å². The summed E-state index contributed by atoms with van der Waals surface area (Å²) >= 11 is 0. The fourth-order valence-corrected chi connectivity index (χ4v) is 8.08. The molecule has 8 nitrogen and oxygen atoms in total. The highest BCUT2D eigenvalue weighted by atomic mass is 16.3. The molecule has 0 amide bonds.